The number of allylic oxidation sites excluding steroid dienone is 1. The highest BCUT2D eigenvalue weighted by molar-refractivity contribution is 6.00. The van der Waals surface area contributed by atoms with Gasteiger partial charge in [0.25, 0.3) is 0 Å². The van der Waals surface area contributed by atoms with Crippen molar-refractivity contribution in [1.82, 2.24) is 0 Å². The van der Waals surface area contributed by atoms with Crippen molar-refractivity contribution in [3.05, 3.63) is 23.3 Å². The molecule has 1 aliphatic carbocycles. The Kier molecular flexibility index (Phi) is 3.39. The molecule has 0 aromatic carbocycles. The predicted octanol–water partition coefficient (Wildman–Crippen LogP) is 2.43. The molecule has 2 fully saturated rings. The topological polar surface area (TPSA) is 51.4 Å². The summed E-state index contributed by atoms with van der Waals surface area (Å²) in [4.78, 5) is 12.4. The first-order valence-electron chi connectivity index (χ1n) is 7.55. The molecule has 3 rings (SSSR count). The van der Waals surface area contributed by atoms with Crippen molar-refractivity contribution in [2.45, 2.75) is 57.5 Å². The van der Waals surface area contributed by atoms with E-state index in [4.69, 9.17) is 14.2 Å². The molecule has 3 aliphatic rings. The van der Waals surface area contributed by atoms with Crippen LogP contribution in [-0.2, 0) is 19.0 Å². The Labute approximate surface area is 126 Å². The van der Waals surface area contributed by atoms with E-state index in [-0.39, 0.29) is 29.0 Å². The van der Waals surface area contributed by atoms with E-state index in [1.807, 2.05) is 13.0 Å². The van der Waals surface area contributed by atoms with Gasteiger partial charge in [-0.05, 0) is 45.8 Å². The van der Waals surface area contributed by atoms with Crippen LogP contribution in [0.15, 0.2) is 23.3 Å². The van der Waals surface area contributed by atoms with Gasteiger partial charge in [0.15, 0.2) is 5.78 Å². The minimum Gasteiger partial charge on any atom is -0.373 e. The molecule has 0 N–H and O–H groups in total. The first-order chi connectivity index (χ1) is 9.84. The maximum absolute atomic E-state index is 12.4. The standard InChI is InChI=1S/C17H24O4/c1-10(2)6-7-12-16(4,21-12)15-14(19-5)13(18)11(3)8-17(15)9-20-17/h6,8,12,14-15H,7,9H2,1-5H3/t12?,14-,15-,16?,17+/m1/s1. The van der Waals surface area contributed by atoms with Crippen LogP contribution in [0.3, 0.4) is 0 Å². The third-order valence-corrected chi connectivity index (χ3v) is 5.00. The average molecular weight is 292 g/mol. The van der Waals surface area contributed by atoms with Crippen molar-refractivity contribution in [2.24, 2.45) is 5.92 Å². The lowest BCUT2D eigenvalue weighted by molar-refractivity contribution is -0.133. The number of Topliss-reactive ketones (excluding diaryl/α,β-unsaturated/α-hetero) is 1. The van der Waals surface area contributed by atoms with Gasteiger partial charge in [-0.2, -0.15) is 0 Å². The first kappa shape index (κ1) is 14.9. The van der Waals surface area contributed by atoms with E-state index in [0.29, 0.717) is 6.61 Å². The monoisotopic (exact) mass is 292 g/mol. The molecule has 0 aromatic rings. The molecule has 116 valence electrons. The Morgan fingerprint density at radius 3 is 2.71 bits per heavy atom. The Hall–Kier alpha value is -0.970. The van der Waals surface area contributed by atoms with Gasteiger partial charge >= 0.3 is 0 Å². The summed E-state index contributed by atoms with van der Waals surface area (Å²) >= 11 is 0. The van der Waals surface area contributed by atoms with Gasteiger partial charge in [0, 0.05) is 7.11 Å². The highest BCUT2D eigenvalue weighted by atomic mass is 16.6. The summed E-state index contributed by atoms with van der Waals surface area (Å²) in [5.74, 6) is -0.0110. The summed E-state index contributed by atoms with van der Waals surface area (Å²) in [6.45, 7) is 8.73. The second kappa shape index (κ2) is 4.77. The van der Waals surface area contributed by atoms with Gasteiger partial charge in [-0.25, -0.2) is 0 Å². The SMILES string of the molecule is CO[C@@H]1C(=O)C(C)=C[C@]2(CO2)[C@H]1C1(C)OC1CC=C(C)C. The lowest BCUT2D eigenvalue weighted by atomic mass is 9.70. The summed E-state index contributed by atoms with van der Waals surface area (Å²) in [5.41, 5.74) is 1.30. The quantitative estimate of drug-likeness (QED) is 0.590. The van der Waals surface area contributed by atoms with Crippen LogP contribution in [0.4, 0.5) is 0 Å². The highest BCUT2D eigenvalue weighted by Crippen LogP contribution is 2.57. The number of rotatable bonds is 4. The molecule has 4 heteroatoms. The van der Waals surface area contributed by atoms with Crippen LogP contribution in [-0.4, -0.2) is 42.9 Å². The van der Waals surface area contributed by atoms with Crippen LogP contribution >= 0.6 is 0 Å². The van der Waals surface area contributed by atoms with Gasteiger partial charge in [0.05, 0.1) is 18.6 Å². The van der Waals surface area contributed by atoms with Crippen molar-refractivity contribution < 1.29 is 19.0 Å². The highest BCUT2D eigenvalue weighted by Gasteiger charge is 2.71. The zero-order valence-corrected chi connectivity index (χ0v) is 13.4. The second-order valence-electron chi connectivity index (χ2n) is 6.88. The molecular formula is C17H24O4. The summed E-state index contributed by atoms with van der Waals surface area (Å²) in [7, 11) is 1.60. The van der Waals surface area contributed by atoms with Gasteiger partial charge < -0.3 is 14.2 Å². The van der Waals surface area contributed by atoms with Gasteiger partial charge in [-0.15, -0.1) is 0 Å². The number of carbonyl (C=O) groups excluding carboxylic acids is 1. The van der Waals surface area contributed by atoms with E-state index in [2.05, 4.69) is 26.8 Å². The summed E-state index contributed by atoms with van der Waals surface area (Å²) in [5, 5.41) is 0. The molecule has 21 heavy (non-hydrogen) atoms. The molecule has 4 nitrogen and oxygen atoms in total. The van der Waals surface area contributed by atoms with Gasteiger partial charge in [-0.3, -0.25) is 4.79 Å². The number of hydrogen-bond donors (Lipinski definition) is 0. The predicted molar refractivity (Wildman–Crippen MR) is 79.1 cm³/mol. The van der Waals surface area contributed by atoms with E-state index in [0.717, 1.165) is 12.0 Å². The third-order valence-electron chi connectivity index (χ3n) is 5.00. The zero-order valence-electron chi connectivity index (χ0n) is 13.4. The number of methoxy groups -OCH3 is 1. The zero-order chi connectivity index (χ0) is 15.4. The molecule has 0 aromatic heterocycles. The van der Waals surface area contributed by atoms with Crippen molar-refractivity contribution in [3.63, 3.8) is 0 Å². The van der Waals surface area contributed by atoms with Gasteiger partial charge in [0.1, 0.15) is 17.3 Å². The maximum atomic E-state index is 12.4. The van der Waals surface area contributed by atoms with E-state index in [1.165, 1.54) is 5.57 Å². The van der Waals surface area contributed by atoms with Crippen LogP contribution in [0.5, 0.6) is 0 Å². The summed E-state index contributed by atoms with van der Waals surface area (Å²) in [6.07, 6.45) is 4.69. The molecule has 1 spiro atoms. The second-order valence-corrected chi connectivity index (χ2v) is 6.88. The molecule has 2 aliphatic heterocycles. The number of ketones is 1. The molecule has 0 amide bonds. The molecule has 0 saturated carbocycles. The summed E-state index contributed by atoms with van der Waals surface area (Å²) in [6, 6.07) is 0. The first-order valence-corrected chi connectivity index (χ1v) is 7.55. The van der Waals surface area contributed by atoms with Crippen LogP contribution in [0.2, 0.25) is 0 Å². The lowest BCUT2D eigenvalue weighted by Gasteiger charge is -2.35. The minimum absolute atomic E-state index is 0.0568. The normalized spacial score (nSPS) is 44.5. The fraction of sp³-hybridized carbons (Fsp3) is 0.706. The Morgan fingerprint density at radius 2 is 2.19 bits per heavy atom. The Bertz CT molecular complexity index is 525. The van der Waals surface area contributed by atoms with E-state index < -0.39 is 6.10 Å². The molecular weight excluding hydrogens is 268 g/mol. The maximum Gasteiger partial charge on any atom is 0.187 e. The molecule has 2 saturated heterocycles. The van der Waals surface area contributed by atoms with Crippen LogP contribution in [0.1, 0.15) is 34.1 Å². The van der Waals surface area contributed by atoms with Gasteiger partial charge in [-0.1, -0.05) is 11.6 Å². The molecule has 0 radical (unpaired) electrons. The van der Waals surface area contributed by atoms with Crippen molar-refractivity contribution in [2.75, 3.05) is 13.7 Å². The van der Waals surface area contributed by atoms with Crippen molar-refractivity contribution >= 4 is 5.78 Å². The molecule has 5 atom stereocenters. The number of carbonyl (C=O) groups is 1. The van der Waals surface area contributed by atoms with E-state index in [9.17, 15) is 4.79 Å². The third kappa shape index (κ3) is 2.30. The van der Waals surface area contributed by atoms with Gasteiger partial charge in [0.2, 0.25) is 0 Å². The van der Waals surface area contributed by atoms with E-state index in [1.54, 1.807) is 7.11 Å². The van der Waals surface area contributed by atoms with Crippen molar-refractivity contribution in [3.8, 4) is 0 Å². The smallest absolute Gasteiger partial charge is 0.187 e. The Morgan fingerprint density at radius 1 is 1.52 bits per heavy atom. The number of ether oxygens (including phenoxy) is 3. The largest absolute Gasteiger partial charge is 0.373 e. The number of hydrogen-bond acceptors (Lipinski definition) is 4. The average Bonchev–Trinajstić information content (AvgIpc) is 3.31. The Balaban J connectivity index is 1.87. The molecule has 2 heterocycles. The fourth-order valence-corrected chi connectivity index (χ4v) is 3.71. The molecule has 2 unspecified atom stereocenters. The van der Waals surface area contributed by atoms with Crippen LogP contribution in [0.25, 0.3) is 0 Å². The van der Waals surface area contributed by atoms with Crippen molar-refractivity contribution in [1.29, 1.82) is 0 Å². The summed E-state index contributed by atoms with van der Waals surface area (Å²) < 4.78 is 17.3. The van der Waals surface area contributed by atoms with Crippen LogP contribution < -0.4 is 0 Å². The van der Waals surface area contributed by atoms with Crippen LogP contribution in [0, 0.1) is 5.92 Å². The molecule has 0 bridgehead atoms. The number of epoxide rings is 2. The van der Waals surface area contributed by atoms with E-state index >= 15 is 0 Å². The fourth-order valence-electron chi connectivity index (χ4n) is 3.71. The minimum atomic E-state index is -0.473. The lowest BCUT2D eigenvalue weighted by Crippen LogP contribution is -2.51.